The Morgan fingerprint density at radius 3 is 2.34 bits per heavy atom. The molecule has 0 saturated carbocycles. The lowest BCUT2D eigenvalue weighted by molar-refractivity contribution is 0.0134. The van der Waals surface area contributed by atoms with Gasteiger partial charge in [0.15, 0.2) is 0 Å². The smallest absolute Gasteiger partial charge is 0.407 e. The van der Waals surface area contributed by atoms with Crippen molar-refractivity contribution in [3.05, 3.63) is 92.9 Å². The van der Waals surface area contributed by atoms with Crippen molar-refractivity contribution < 1.29 is 19.7 Å². The van der Waals surface area contributed by atoms with E-state index in [2.05, 4.69) is 22.4 Å². The summed E-state index contributed by atoms with van der Waals surface area (Å²) in [6, 6.07) is 17.4. The number of carbonyl (C=O) groups excluding carboxylic acids is 1. The van der Waals surface area contributed by atoms with E-state index in [-0.39, 0.29) is 36.1 Å². The van der Waals surface area contributed by atoms with Crippen LogP contribution < -0.4 is 10.9 Å². The number of aromatic nitrogens is 1. The van der Waals surface area contributed by atoms with E-state index >= 15 is 0 Å². The SMILES string of the molecule is O=C(NCCC(O)C(O)c1c[nH]c(=O)c(Cl)c1)OCC1c2ccccc2-c2ccccc21. The summed E-state index contributed by atoms with van der Waals surface area (Å²) in [6.45, 7) is 0.299. The molecule has 4 N–H and O–H groups in total. The molecule has 0 fully saturated rings. The lowest BCUT2D eigenvalue weighted by Crippen LogP contribution is -2.30. The Morgan fingerprint density at radius 2 is 1.72 bits per heavy atom. The van der Waals surface area contributed by atoms with Gasteiger partial charge < -0.3 is 25.3 Å². The van der Waals surface area contributed by atoms with Gasteiger partial charge in [-0.2, -0.15) is 0 Å². The molecular formula is C24H23ClN2O5. The maximum atomic E-state index is 12.2. The highest BCUT2D eigenvalue weighted by Gasteiger charge is 2.29. The summed E-state index contributed by atoms with van der Waals surface area (Å²) in [7, 11) is 0. The van der Waals surface area contributed by atoms with Crippen molar-refractivity contribution in [1.29, 1.82) is 0 Å². The van der Waals surface area contributed by atoms with Gasteiger partial charge in [0.25, 0.3) is 5.56 Å². The number of ether oxygens (including phenoxy) is 1. The minimum Gasteiger partial charge on any atom is -0.449 e. The third-order valence-corrected chi connectivity index (χ3v) is 5.92. The number of fused-ring (bicyclic) bond motifs is 3. The van der Waals surface area contributed by atoms with Gasteiger partial charge in [0.1, 0.15) is 17.7 Å². The van der Waals surface area contributed by atoms with Crippen LogP contribution in [0, 0.1) is 0 Å². The molecule has 1 amide bonds. The average molecular weight is 455 g/mol. The highest BCUT2D eigenvalue weighted by Crippen LogP contribution is 2.44. The molecule has 32 heavy (non-hydrogen) atoms. The molecule has 1 aromatic heterocycles. The molecule has 3 aromatic rings. The first-order valence-corrected chi connectivity index (χ1v) is 10.7. The maximum Gasteiger partial charge on any atom is 0.407 e. The molecule has 2 atom stereocenters. The van der Waals surface area contributed by atoms with Crippen molar-refractivity contribution in [2.24, 2.45) is 0 Å². The van der Waals surface area contributed by atoms with Crippen molar-refractivity contribution in [3.8, 4) is 11.1 Å². The zero-order chi connectivity index (χ0) is 22.7. The Morgan fingerprint density at radius 1 is 1.09 bits per heavy atom. The van der Waals surface area contributed by atoms with Gasteiger partial charge >= 0.3 is 6.09 Å². The van der Waals surface area contributed by atoms with E-state index < -0.39 is 23.9 Å². The molecule has 1 aliphatic carbocycles. The third-order valence-electron chi connectivity index (χ3n) is 5.64. The fourth-order valence-corrected chi connectivity index (χ4v) is 4.17. The van der Waals surface area contributed by atoms with Crippen LogP contribution in [0.5, 0.6) is 0 Å². The van der Waals surface area contributed by atoms with Gasteiger partial charge in [0.2, 0.25) is 0 Å². The van der Waals surface area contributed by atoms with E-state index in [1.165, 1.54) is 12.3 Å². The molecule has 4 rings (SSSR count). The fourth-order valence-electron chi connectivity index (χ4n) is 3.99. The number of rotatable bonds is 7. The van der Waals surface area contributed by atoms with Gasteiger partial charge in [-0.15, -0.1) is 0 Å². The molecule has 0 saturated heterocycles. The van der Waals surface area contributed by atoms with Crippen molar-refractivity contribution in [2.75, 3.05) is 13.2 Å². The van der Waals surface area contributed by atoms with Gasteiger partial charge in [0.05, 0.1) is 6.10 Å². The molecule has 0 bridgehead atoms. The molecule has 0 aliphatic heterocycles. The quantitative estimate of drug-likeness (QED) is 0.437. The Balaban J connectivity index is 1.29. The Kier molecular flexibility index (Phi) is 6.60. The van der Waals surface area contributed by atoms with Gasteiger partial charge in [-0.25, -0.2) is 4.79 Å². The minimum atomic E-state index is -1.26. The first-order chi connectivity index (χ1) is 15.5. The zero-order valence-corrected chi connectivity index (χ0v) is 17.9. The second kappa shape index (κ2) is 9.56. The van der Waals surface area contributed by atoms with Crippen LogP contribution in [0.3, 0.4) is 0 Å². The monoisotopic (exact) mass is 454 g/mol. The number of halogens is 1. The molecule has 0 spiro atoms. The number of carbonyl (C=O) groups is 1. The molecule has 1 aliphatic rings. The molecular weight excluding hydrogens is 432 g/mol. The van der Waals surface area contributed by atoms with E-state index in [4.69, 9.17) is 16.3 Å². The van der Waals surface area contributed by atoms with Crippen molar-refractivity contribution in [2.45, 2.75) is 24.5 Å². The summed E-state index contributed by atoms with van der Waals surface area (Å²) in [5.41, 5.74) is 4.35. The van der Waals surface area contributed by atoms with Gasteiger partial charge in [0, 0.05) is 24.2 Å². The predicted octanol–water partition coefficient (Wildman–Crippen LogP) is 3.35. The number of H-pyrrole nitrogens is 1. The number of nitrogens with one attached hydrogen (secondary N) is 2. The van der Waals surface area contributed by atoms with Crippen LogP contribution in [0.4, 0.5) is 4.79 Å². The van der Waals surface area contributed by atoms with E-state index in [9.17, 15) is 19.8 Å². The summed E-state index contributed by atoms with van der Waals surface area (Å²) < 4.78 is 5.44. The van der Waals surface area contributed by atoms with E-state index in [1.54, 1.807) is 0 Å². The predicted molar refractivity (Wildman–Crippen MR) is 121 cm³/mol. The Hall–Kier alpha value is -3.13. The van der Waals surface area contributed by atoms with Crippen LogP contribution in [-0.2, 0) is 4.74 Å². The maximum absolute atomic E-state index is 12.2. The second-order valence-corrected chi connectivity index (χ2v) is 8.07. The van der Waals surface area contributed by atoms with Gasteiger partial charge in [-0.1, -0.05) is 60.1 Å². The van der Waals surface area contributed by atoms with Crippen LogP contribution in [-0.4, -0.2) is 40.5 Å². The van der Waals surface area contributed by atoms with Gasteiger partial charge in [-0.3, -0.25) is 4.79 Å². The van der Waals surface area contributed by atoms with Gasteiger partial charge in [-0.05, 0) is 34.7 Å². The molecule has 7 nitrogen and oxygen atoms in total. The summed E-state index contributed by atoms with van der Waals surface area (Å²) in [4.78, 5) is 25.9. The van der Waals surface area contributed by atoms with Crippen molar-refractivity contribution in [1.82, 2.24) is 10.3 Å². The van der Waals surface area contributed by atoms with E-state index in [1.807, 2.05) is 36.4 Å². The topological polar surface area (TPSA) is 112 Å². The third kappa shape index (κ3) is 4.55. The number of aliphatic hydroxyl groups excluding tert-OH is 2. The number of aromatic amines is 1. The van der Waals surface area contributed by atoms with Crippen LogP contribution in [0.2, 0.25) is 5.02 Å². The van der Waals surface area contributed by atoms with Crippen LogP contribution >= 0.6 is 11.6 Å². The highest BCUT2D eigenvalue weighted by atomic mass is 35.5. The van der Waals surface area contributed by atoms with E-state index in [0.717, 1.165) is 22.3 Å². The number of pyridine rings is 1. The molecule has 8 heteroatoms. The molecule has 2 aromatic carbocycles. The molecule has 2 unspecified atom stereocenters. The normalized spacial score (nSPS) is 14.3. The molecule has 1 heterocycles. The summed E-state index contributed by atoms with van der Waals surface area (Å²) >= 11 is 5.75. The Labute approximate surface area is 189 Å². The zero-order valence-electron chi connectivity index (χ0n) is 17.1. The largest absolute Gasteiger partial charge is 0.449 e. The number of alkyl carbamates (subject to hydrolysis) is 1. The number of hydrogen-bond acceptors (Lipinski definition) is 5. The Bertz CT molecular complexity index is 1130. The lowest BCUT2D eigenvalue weighted by atomic mass is 9.98. The van der Waals surface area contributed by atoms with Crippen LogP contribution in [0.15, 0.2) is 65.6 Å². The first-order valence-electron chi connectivity index (χ1n) is 10.3. The van der Waals surface area contributed by atoms with Crippen molar-refractivity contribution >= 4 is 17.7 Å². The summed E-state index contributed by atoms with van der Waals surface area (Å²) in [6.07, 6.45) is -1.64. The summed E-state index contributed by atoms with van der Waals surface area (Å²) in [5, 5.41) is 22.9. The average Bonchev–Trinajstić information content (AvgIpc) is 3.12. The number of aliphatic hydroxyl groups is 2. The second-order valence-electron chi connectivity index (χ2n) is 7.66. The highest BCUT2D eigenvalue weighted by molar-refractivity contribution is 6.30. The fraction of sp³-hybridized carbons (Fsp3) is 0.250. The summed E-state index contributed by atoms with van der Waals surface area (Å²) in [5.74, 6) is -0.0365. The minimum absolute atomic E-state index is 0.0365. The van der Waals surface area contributed by atoms with E-state index in [0.29, 0.717) is 0 Å². The van der Waals surface area contributed by atoms with Crippen molar-refractivity contribution in [3.63, 3.8) is 0 Å². The number of benzene rings is 2. The molecule has 166 valence electrons. The van der Waals surface area contributed by atoms with Crippen LogP contribution in [0.25, 0.3) is 11.1 Å². The first kappa shape index (κ1) is 22.1. The number of hydrogen-bond donors (Lipinski definition) is 4. The standard InChI is InChI=1S/C24H23ClN2O5/c25-20-11-14(12-27-23(20)30)22(29)21(28)9-10-26-24(31)32-13-19-17-7-3-1-5-15(17)16-6-2-4-8-18(16)19/h1-8,11-12,19,21-22,28-29H,9-10,13H2,(H,26,31)(H,27,30). The lowest BCUT2D eigenvalue weighted by Gasteiger charge is -2.18. The number of amides is 1. The van der Waals surface area contributed by atoms with Crippen LogP contribution in [0.1, 0.15) is 35.1 Å². The molecule has 0 radical (unpaired) electrons.